The third-order valence-corrected chi connectivity index (χ3v) is 3.46. The number of aromatic nitrogens is 5. The molecule has 9 nitrogen and oxygen atoms in total. The fourth-order valence-electron chi connectivity index (χ4n) is 1.49. The molecule has 0 aromatic carbocycles. The first-order valence-electron chi connectivity index (χ1n) is 6.08. The molecule has 2 heterocycles. The van der Waals surface area contributed by atoms with Crippen molar-refractivity contribution in [3.05, 3.63) is 18.1 Å². The highest BCUT2D eigenvalue weighted by molar-refractivity contribution is 7.99. The van der Waals surface area contributed by atoms with Crippen LogP contribution in [0.5, 0.6) is 0 Å². The molecule has 0 atom stereocenters. The first-order valence-corrected chi connectivity index (χ1v) is 7.06. The van der Waals surface area contributed by atoms with Gasteiger partial charge in [-0.05, 0) is 13.8 Å². The van der Waals surface area contributed by atoms with E-state index in [1.54, 1.807) is 6.33 Å². The zero-order valence-electron chi connectivity index (χ0n) is 11.4. The zero-order chi connectivity index (χ0) is 15.4. The van der Waals surface area contributed by atoms with E-state index < -0.39 is 5.97 Å². The Morgan fingerprint density at radius 2 is 2.29 bits per heavy atom. The maximum Gasteiger partial charge on any atom is 0.353 e. The maximum absolute atomic E-state index is 11.8. The van der Waals surface area contributed by atoms with Crippen LogP contribution in [0.3, 0.4) is 0 Å². The lowest BCUT2D eigenvalue weighted by Gasteiger charge is -2.08. The molecule has 3 N–H and O–H groups in total. The number of anilines is 1. The number of carbonyl (C=O) groups is 2. The van der Waals surface area contributed by atoms with Crippen LogP contribution >= 0.6 is 11.8 Å². The molecule has 10 heteroatoms. The lowest BCUT2D eigenvalue weighted by atomic mass is 10.4. The molecule has 0 bridgehead atoms. The first-order chi connectivity index (χ1) is 9.97. The van der Waals surface area contributed by atoms with E-state index in [4.69, 9.17) is 5.11 Å². The van der Waals surface area contributed by atoms with Crippen molar-refractivity contribution in [3.8, 4) is 0 Å². The summed E-state index contributed by atoms with van der Waals surface area (Å²) in [6.45, 7) is 3.98. The number of carboxylic acids is 1. The second-order valence-electron chi connectivity index (χ2n) is 4.42. The van der Waals surface area contributed by atoms with Crippen molar-refractivity contribution in [1.82, 2.24) is 25.0 Å². The van der Waals surface area contributed by atoms with Crippen molar-refractivity contribution in [1.29, 1.82) is 0 Å². The molecule has 0 radical (unpaired) electrons. The molecule has 0 saturated heterocycles. The topological polar surface area (TPSA) is 126 Å². The largest absolute Gasteiger partial charge is 0.477 e. The van der Waals surface area contributed by atoms with E-state index in [0.717, 1.165) is 0 Å². The number of nitrogens with one attached hydrogen (secondary N) is 2. The number of carboxylic acid groups (broad SMARTS) is 1. The van der Waals surface area contributed by atoms with Crippen LogP contribution in [0, 0.1) is 0 Å². The van der Waals surface area contributed by atoms with Gasteiger partial charge in [-0.2, -0.15) is 5.10 Å². The molecule has 0 spiro atoms. The minimum absolute atomic E-state index is 0.0856. The average molecular weight is 310 g/mol. The fraction of sp³-hybridized carbons (Fsp3) is 0.364. The summed E-state index contributed by atoms with van der Waals surface area (Å²) in [6, 6.07) is 1.46. The quantitative estimate of drug-likeness (QED) is 0.680. The molecule has 0 saturated carbocycles. The number of hydrogen-bond acceptors (Lipinski definition) is 6. The summed E-state index contributed by atoms with van der Waals surface area (Å²) < 4.78 is 1.86. The van der Waals surface area contributed by atoms with Gasteiger partial charge in [0, 0.05) is 12.1 Å². The monoisotopic (exact) mass is 310 g/mol. The second kappa shape index (κ2) is 6.39. The lowest BCUT2D eigenvalue weighted by Crippen LogP contribution is -2.15. The SMILES string of the molecule is CC(C)n1cnnc1SCC(=O)Nc1cc(C(=O)O)[nH]n1. The second-order valence-corrected chi connectivity index (χ2v) is 5.37. The minimum Gasteiger partial charge on any atom is -0.477 e. The van der Waals surface area contributed by atoms with Gasteiger partial charge >= 0.3 is 5.97 Å². The van der Waals surface area contributed by atoms with Gasteiger partial charge in [-0.25, -0.2) is 4.79 Å². The Labute approximate surface area is 124 Å². The highest BCUT2D eigenvalue weighted by Crippen LogP contribution is 2.18. The van der Waals surface area contributed by atoms with Crippen molar-refractivity contribution in [2.75, 3.05) is 11.1 Å². The smallest absolute Gasteiger partial charge is 0.353 e. The third kappa shape index (κ3) is 3.81. The van der Waals surface area contributed by atoms with Crippen LogP contribution in [-0.2, 0) is 4.79 Å². The number of carbonyl (C=O) groups excluding carboxylic acids is 1. The van der Waals surface area contributed by atoms with Crippen molar-refractivity contribution in [3.63, 3.8) is 0 Å². The Balaban J connectivity index is 1.89. The number of aromatic amines is 1. The van der Waals surface area contributed by atoms with Gasteiger partial charge < -0.3 is 15.0 Å². The maximum atomic E-state index is 11.8. The first kappa shape index (κ1) is 15.0. The standard InChI is InChI=1S/C11H14N6O3S/c1-6(2)17-5-12-16-11(17)21-4-9(18)13-8-3-7(10(19)20)14-15-8/h3,5-6H,4H2,1-2H3,(H,19,20)(H2,13,14,15,18). The van der Waals surface area contributed by atoms with Crippen LogP contribution in [0.15, 0.2) is 17.6 Å². The number of nitrogens with zero attached hydrogens (tertiary/aromatic N) is 4. The molecule has 0 unspecified atom stereocenters. The van der Waals surface area contributed by atoms with Crippen molar-refractivity contribution >= 4 is 29.5 Å². The molecule has 21 heavy (non-hydrogen) atoms. The van der Waals surface area contributed by atoms with Gasteiger partial charge in [0.2, 0.25) is 5.91 Å². The molecule has 1 amide bonds. The molecule has 2 aromatic rings. The van der Waals surface area contributed by atoms with Gasteiger partial charge in [-0.15, -0.1) is 10.2 Å². The summed E-state index contributed by atoms with van der Waals surface area (Å²) in [6.07, 6.45) is 1.61. The Kier molecular flexibility index (Phi) is 4.58. The van der Waals surface area contributed by atoms with Crippen LogP contribution in [0.4, 0.5) is 5.82 Å². The van der Waals surface area contributed by atoms with Crippen LogP contribution in [-0.4, -0.2) is 47.7 Å². The molecule has 2 rings (SSSR count). The molecule has 0 fully saturated rings. The summed E-state index contributed by atoms with van der Waals surface area (Å²) in [5, 5.41) is 25.6. The number of hydrogen-bond donors (Lipinski definition) is 3. The van der Waals surface area contributed by atoms with Gasteiger partial charge in [0.05, 0.1) is 5.75 Å². The summed E-state index contributed by atoms with van der Waals surface area (Å²) in [5.74, 6) is -1.15. The molecule has 112 valence electrons. The number of thioether (sulfide) groups is 1. The summed E-state index contributed by atoms with van der Waals surface area (Å²) >= 11 is 1.25. The Morgan fingerprint density at radius 3 is 2.90 bits per heavy atom. The van der Waals surface area contributed by atoms with E-state index in [9.17, 15) is 9.59 Å². The summed E-state index contributed by atoms with van der Waals surface area (Å²) in [5.41, 5.74) is -0.0856. The summed E-state index contributed by atoms with van der Waals surface area (Å²) in [7, 11) is 0. The van der Waals surface area contributed by atoms with Crippen LogP contribution in [0.25, 0.3) is 0 Å². The number of H-pyrrole nitrogens is 1. The van der Waals surface area contributed by atoms with Crippen LogP contribution < -0.4 is 5.32 Å². The van der Waals surface area contributed by atoms with E-state index in [-0.39, 0.29) is 29.2 Å². The van der Waals surface area contributed by atoms with E-state index in [1.165, 1.54) is 17.8 Å². The van der Waals surface area contributed by atoms with Gasteiger partial charge in [-0.3, -0.25) is 9.89 Å². The van der Waals surface area contributed by atoms with Crippen molar-refractivity contribution < 1.29 is 14.7 Å². The van der Waals surface area contributed by atoms with Gasteiger partial charge in [0.15, 0.2) is 11.0 Å². The van der Waals surface area contributed by atoms with E-state index in [2.05, 4.69) is 25.7 Å². The summed E-state index contributed by atoms with van der Waals surface area (Å²) in [4.78, 5) is 22.5. The van der Waals surface area contributed by atoms with Gasteiger partial charge in [-0.1, -0.05) is 11.8 Å². The minimum atomic E-state index is -1.14. The normalized spacial score (nSPS) is 10.8. The lowest BCUT2D eigenvalue weighted by molar-refractivity contribution is -0.113. The number of rotatable bonds is 6. The predicted molar refractivity (Wildman–Crippen MR) is 75.3 cm³/mol. The van der Waals surface area contributed by atoms with Gasteiger partial charge in [0.25, 0.3) is 0 Å². The molecule has 0 aliphatic rings. The zero-order valence-corrected chi connectivity index (χ0v) is 12.2. The third-order valence-electron chi connectivity index (χ3n) is 2.50. The fourth-order valence-corrected chi connectivity index (χ4v) is 2.34. The molecule has 0 aliphatic carbocycles. The Bertz CT molecular complexity index is 650. The Morgan fingerprint density at radius 1 is 1.52 bits per heavy atom. The van der Waals surface area contributed by atoms with Crippen molar-refractivity contribution in [2.24, 2.45) is 0 Å². The number of amides is 1. The van der Waals surface area contributed by atoms with Gasteiger partial charge in [0.1, 0.15) is 12.0 Å². The van der Waals surface area contributed by atoms with Crippen molar-refractivity contribution in [2.45, 2.75) is 25.0 Å². The van der Waals surface area contributed by atoms with Crippen LogP contribution in [0.1, 0.15) is 30.4 Å². The molecular formula is C11H14N6O3S. The molecular weight excluding hydrogens is 296 g/mol. The highest BCUT2D eigenvalue weighted by Gasteiger charge is 2.13. The molecule has 2 aromatic heterocycles. The molecule has 0 aliphatic heterocycles. The highest BCUT2D eigenvalue weighted by atomic mass is 32.2. The van der Waals surface area contributed by atoms with E-state index in [0.29, 0.717) is 5.16 Å². The van der Waals surface area contributed by atoms with E-state index >= 15 is 0 Å². The average Bonchev–Trinajstić information content (AvgIpc) is 3.04. The van der Waals surface area contributed by atoms with E-state index in [1.807, 2.05) is 18.4 Å². The van der Waals surface area contributed by atoms with Crippen LogP contribution in [0.2, 0.25) is 0 Å². The predicted octanol–water partition coefficient (Wildman–Crippen LogP) is 1.01. The number of aromatic carboxylic acids is 1. The Hall–Kier alpha value is -2.36.